The number of methoxy groups -OCH3 is 1. The lowest BCUT2D eigenvalue weighted by Crippen LogP contribution is -2.21. The molecule has 0 aliphatic carbocycles. The molecule has 1 atom stereocenters. The SMILES string of the molecule is COc1ccc(C2Cn3nc(-c4nc(-c5cccc(F)c5)no4)cc3CO2)cc1. The maximum Gasteiger partial charge on any atom is 0.278 e. The molecule has 2 aromatic carbocycles. The molecule has 0 fully saturated rings. The first-order valence-corrected chi connectivity index (χ1v) is 9.12. The molecule has 1 aliphatic heterocycles. The van der Waals surface area contributed by atoms with Gasteiger partial charge >= 0.3 is 0 Å². The molecule has 0 spiro atoms. The Hall–Kier alpha value is -3.52. The van der Waals surface area contributed by atoms with Crippen LogP contribution < -0.4 is 4.74 Å². The Morgan fingerprint density at radius 2 is 2.00 bits per heavy atom. The van der Waals surface area contributed by atoms with E-state index < -0.39 is 0 Å². The predicted molar refractivity (Wildman–Crippen MR) is 101 cm³/mol. The molecule has 1 unspecified atom stereocenters. The third-order valence-electron chi connectivity index (χ3n) is 4.85. The van der Waals surface area contributed by atoms with Crippen LogP contribution in [0.15, 0.2) is 59.1 Å². The lowest BCUT2D eigenvalue weighted by atomic mass is 10.1. The van der Waals surface area contributed by atoms with E-state index >= 15 is 0 Å². The molecule has 3 heterocycles. The number of benzene rings is 2. The molecule has 0 N–H and O–H groups in total. The normalized spacial score (nSPS) is 15.9. The highest BCUT2D eigenvalue weighted by molar-refractivity contribution is 5.58. The molecule has 0 amide bonds. The molecule has 7 nitrogen and oxygen atoms in total. The third-order valence-corrected chi connectivity index (χ3v) is 4.85. The van der Waals surface area contributed by atoms with E-state index in [0.29, 0.717) is 30.2 Å². The van der Waals surface area contributed by atoms with Crippen molar-refractivity contribution in [3.8, 4) is 28.7 Å². The van der Waals surface area contributed by atoms with Gasteiger partial charge in [0.05, 0.1) is 26.0 Å². The van der Waals surface area contributed by atoms with Gasteiger partial charge in [-0.2, -0.15) is 10.1 Å². The molecule has 146 valence electrons. The van der Waals surface area contributed by atoms with Crippen molar-refractivity contribution >= 4 is 0 Å². The Labute approximate surface area is 165 Å². The van der Waals surface area contributed by atoms with Crippen LogP contribution in [0.2, 0.25) is 0 Å². The van der Waals surface area contributed by atoms with Crippen LogP contribution >= 0.6 is 0 Å². The van der Waals surface area contributed by atoms with Crippen LogP contribution in [0.1, 0.15) is 17.4 Å². The number of aromatic nitrogens is 4. The fraction of sp³-hybridized carbons (Fsp3) is 0.190. The van der Waals surface area contributed by atoms with Gasteiger partial charge in [0.25, 0.3) is 5.89 Å². The van der Waals surface area contributed by atoms with Gasteiger partial charge in [-0.1, -0.05) is 29.4 Å². The van der Waals surface area contributed by atoms with Crippen molar-refractivity contribution in [1.82, 2.24) is 19.9 Å². The standard InChI is InChI=1S/C21H17FN4O3/c1-27-17-7-5-13(6-8-17)19-11-26-16(12-28-19)10-18(24-26)21-23-20(25-29-21)14-3-2-4-15(22)9-14/h2-10,19H,11-12H2,1H3. The highest BCUT2D eigenvalue weighted by Gasteiger charge is 2.24. The maximum absolute atomic E-state index is 13.4. The van der Waals surface area contributed by atoms with E-state index in [1.165, 1.54) is 12.1 Å². The van der Waals surface area contributed by atoms with E-state index in [2.05, 4.69) is 15.2 Å². The summed E-state index contributed by atoms with van der Waals surface area (Å²) in [5.41, 5.74) is 3.09. The summed E-state index contributed by atoms with van der Waals surface area (Å²) in [6.45, 7) is 1.00. The van der Waals surface area contributed by atoms with Crippen LogP contribution in [0.5, 0.6) is 5.75 Å². The Kier molecular flexibility index (Phi) is 4.33. The van der Waals surface area contributed by atoms with Crippen molar-refractivity contribution in [2.24, 2.45) is 0 Å². The number of halogens is 1. The van der Waals surface area contributed by atoms with E-state index in [4.69, 9.17) is 14.0 Å². The second kappa shape index (κ2) is 7.14. The van der Waals surface area contributed by atoms with Gasteiger partial charge in [-0.15, -0.1) is 0 Å². The summed E-state index contributed by atoms with van der Waals surface area (Å²) in [5.74, 6) is 1.05. The lowest BCUT2D eigenvalue weighted by molar-refractivity contribution is -0.00115. The van der Waals surface area contributed by atoms with Crippen molar-refractivity contribution in [3.05, 3.63) is 71.7 Å². The first-order valence-electron chi connectivity index (χ1n) is 9.12. The quantitative estimate of drug-likeness (QED) is 0.522. The van der Waals surface area contributed by atoms with Crippen molar-refractivity contribution in [2.75, 3.05) is 7.11 Å². The predicted octanol–water partition coefficient (Wildman–Crippen LogP) is 4.02. The summed E-state index contributed by atoms with van der Waals surface area (Å²) in [6.07, 6.45) is -0.105. The lowest BCUT2D eigenvalue weighted by Gasteiger charge is -2.24. The summed E-state index contributed by atoms with van der Waals surface area (Å²) in [7, 11) is 1.64. The molecular weight excluding hydrogens is 375 g/mol. The Morgan fingerprint density at radius 1 is 1.14 bits per heavy atom. The van der Waals surface area contributed by atoms with Crippen LogP contribution in [-0.4, -0.2) is 27.0 Å². The molecule has 0 radical (unpaired) electrons. The number of rotatable bonds is 4. The van der Waals surface area contributed by atoms with Gasteiger partial charge in [-0.25, -0.2) is 4.39 Å². The Morgan fingerprint density at radius 3 is 2.79 bits per heavy atom. The number of hydrogen-bond acceptors (Lipinski definition) is 6. The van der Waals surface area contributed by atoms with Crippen LogP contribution in [-0.2, 0) is 17.9 Å². The molecule has 0 saturated heterocycles. The molecule has 5 rings (SSSR count). The highest BCUT2D eigenvalue weighted by atomic mass is 19.1. The second-order valence-corrected chi connectivity index (χ2v) is 6.71. The summed E-state index contributed by atoms with van der Waals surface area (Å²) in [4.78, 5) is 4.36. The zero-order valence-corrected chi connectivity index (χ0v) is 15.6. The van der Waals surface area contributed by atoms with Gasteiger partial charge < -0.3 is 14.0 Å². The van der Waals surface area contributed by atoms with Gasteiger partial charge in [0.2, 0.25) is 5.82 Å². The Balaban J connectivity index is 1.38. The molecule has 0 saturated carbocycles. The van der Waals surface area contributed by atoms with Crippen molar-refractivity contribution in [1.29, 1.82) is 0 Å². The topological polar surface area (TPSA) is 75.2 Å². The average Bonchev–Trinajstić information content (AvgIpc) is 3.40. The van der Waals surface area contributed by atoms with Gasteiger partial charge in [0.15, 0.2) is 5.69 Å². The van der Waals surface area contributed by atoms with E-state index in [1.54, 1.807) is 19.2 Å². The monoisotopic (exact) mass is 392 g/mol. The first kappa shape index (κ1) is 17.6. The number of nitrogens with zero attached hydrogens (tertiary/aromatic N) is 4. The average molecular weight is 392 g/mol. The zero-order valence-electron chi connectivity index (χ0n) is 15.6. The maximum atomic E-state index is 13.4. The summed E-state index contributed by atoms with van der Waals surface area (Å²) >= 11 is 0. The fourth-order valence-electron chi connectivity index (χ4n) is 3.32. The van der Waals surface area contributed by atoms with Crippen molar-refractivity contribution in [2.45, 2.75) is 19.3 Å². The molecular formula is C21H17FN4O3. The van der Waals surface area contributed by atoms with Gasteiger partial charge in [0.1, 0.15) is 17.7 Å². The molecule has 4 aromatic rings. The third kappa shape index (κ3) is 3.38. The largest absolute Gasteiger partial charge is 0.497 e. The van der Waals surface area contributed by atoms with Crippen molar-refractivity contribution < 1.29 is 18.4 Å². The van der Waals surface area contributed by atoms with Crippen LogP contribution in [0.3, 0.4) is 0 Å². The number of fused-ring (bicyclic) bond motifs is 1. The van der Waals surface area contributed by atoms with E-state index in [-0.39, 0.29) is 17.8 Å². The molecule has 2 aromatic heterocycles. The van der Waals surface area contributed by atoms with E-state index in [1.807, 2.05) is 35.0 Å². The van der Waals surface area contributed by atoms with E-state index in [9.17, 15) is 4.39 Å². The van der Waals surface area contributed by atoms with Gasteiger partial charge in [-0.3, -0.25) is 4.68 Å². The second-order valence-electron chi connectivity index (χ2n) is 6.71. The zero-order chi connectivity index (χ0) is 19.8. The summed E-state index contributed by atoms with van der Waals surface area (Å²) in [6, 6.07) is 15.7. The molecule has 1 aliphatic rings. The van der Waals surface area contributed by atoms with Gasteiger partial charge in [-0.05, 0) is 35.9 Å². The fourth-order valence-corrected chi connectivity index (χ4v) is 3.32. The van der Waals surface area contributed by atoms with Crippen LogP contribution in [0.4, 0.5) is 4.39 Å². The first-order chi connectivity index (χ1) is 14.2. The Bertz CT molecular complexity index is 1150. The minimum absolute atomic E-state index is 0.105. The van der Waals surface area contributed by atoms with Crippen LogP contribution in [0.25, 0.3) is 23.0 Å². The minimum atomic E-state index is -0.354. The molecule has 29 heavy (non-hydrogen) atoms. The molecule has 8 heteroatoms. The highest BCUT2D eigenvalue weighted by Crippen LogP contribution is 2.30. The van der Waals surface area contributed by atoms with Crippen molar-refractivity contribution in [3.63, 3.8) is 0 Å². The smallest absolute Gasteiger partial charge is 0.278 e. The number of hydrogen-bond donors (Lipinski definition) is 0. The van der Waals surface area contributed by atoms with E-state index in [0.717, 1.165) is 17.0 Å². The summed E-state index contributed by atoms with van der Waals surface area (Å²) in [5, 5.41) is 8.54. The van der Waals surface area contributed by atoms with Gasteiger partial charge in [0, 0.05) is 5.56 Å². The summed E-state index contributed by atoms with van der Waals surface area (Å²) < 4.78 is 31.9. The minimum Gasteiger partial charge on any atom is -0.497 e. The number of ether oxygens (including phenoxy) is 2. The molecule has 0 bridgehead atoms. The van der Waals surface area contributed by atoms with Crippen LogP contribution in [0, 0.1) is 5.82 Å².